The first-order chi connectivity index (χ1) is 30.6. The Morgan fingerprint density at radius 3 is 1.49 bits per heavy atom. The zero-order chi connectivity index (χ0) is 45.0. The van der Waals surface area contributed by atoms with Crippen LogP contribution < -0.4 is 22.1 Å². The fourth-order valence-electron chi connectivity index (χ4n) is 6.61. The summed E-state index contributed by atoms with van der Waals surface area (Å²) in [6.45, 7) is 7.23. The molecule has 0 fully saturated rings. The van der Waals surface area contributed by atoms with Gasteiger partial charge in [0.05, 0.1) is 24.3 Å². The van der Waals surface area contributed by atoms with E-state index in [0.29, 0.717) is 53.4 Å². The summed E-state index contributed by atoms with van der Waals surface area (Å²) in [7, 11) is 0. The van der Waals surface area contributed by atoms with E-state index in [4.69, 9.17) is 20.9 Å². The highest BCUT2D eigenvalue weighted by Crippen LogP contribution is 2.30. The molecule has 0 saturated carbocycles. The number of nitrogens with one attached hydrogen (secondary N) is 2. The van der Waals surface area contributed by atoms with Gasteiger partial charge in [-0.2, -0.15) is 0 Å². The summed E-state index contributed by atoms with van der Waals surface area (Å²) in [5, 5.41) is 5.72. The Balaban J connectivity index is 0.000000238. The van der Waals surface area contributed by atoms with Crippen molar-refractivity contribution in [2.45, 2.75) is 71.9 Å². The molecule has 0 bridgehead atoms. The molecule has 2 amide bonds. The number of ether oxygens (including phenoxy) is 2. The predicted molar refractivity (Wildman–Crippen MR) is 248 cm³/mol. The number of benzene rings is 4. The lowest BCUT2D eigenvalue weighted by atomic mass is 9.92. The summed E-state index contributed by atoms with van der Waals surface area (Å²) >= 11 is 0. The Morgan fingerprint density at radius 1 is 0.571 bits per heavy atom. The smallest absolute Gasteiger partial charge is 0.338 e. The van der Waals surface area contributed by atoms with Gasteiger partial charge in [-0.25, -0.2) is 9.59 Å². The quantitative estimate of drug-likeness (QED) is 0.0479. The average molecular weight is 849 g/mol. The third kappa shape index (κ3) is 14.0. The third-order valence-corrected chi connectivity index (χ3v) is 10.1. The first-order valence-electron chi connectivity index (χ1n) is 21.3. The van der Waals surface area contributed by atoms with E-state index in [0.717, 1.165) is 71.9 Å². The zero-order valence-electron chi connectivity index (χ0n) is 36.1. The van der Waals surface area contributed by atoms with Crippen molar-refractivity contribution in [1.82, 2.24) is 9.97 Å². The highest BCUT2D eigenvalue weighted by atomic mass is 16.5. The molecule has 6 aromatic rings. The van der Waals surface area contributed by atoms with Crippen LogP contribution in [0.4, 0.5) is 11.4 Å². The van der Waals surface area contributed by atoms with Crippen molar-refractivity contribution >= 4 is 35.1 Å². The van der Waals surface area contributed by atoms with Gasteiger partial charge in [-0.05, 0) is 126 Å². The molecule has 4 aromatic carbocycles. The van der Waals surface area contributed by atoms with Crippen LogP contribution in [0.1, 0.15) is 118 Å². The maximum Gasteiger partial charge on any atom is 0.338 e. The largest absolute Gasteiger partial charge is 0.462 e. The molecular weight excluding hydrogens is 793 g/mol. The SMILES string of the molecule is CCCCCOC(=O)c1cccc(-c2cc(C(=O)Nc3ccncc3)ccc2C(C)N)c1.CCCCCOC(=O)c1cccc(-c2cc(C(=O)Nc3ccncc3)ccc2CN)c1. The van der Waals surface area contributed by atoms with Crippen LogP contribution in [0.5, 0.6) is 0 Å². The van der Waals surface area contributed by atoms with Gasteiger partial charge < -0.3 is 31.6 Å². The second-order valence-corrected chi connectivity index (χ2v) is 14.9. The number of hydrogen-bond donors (Lipinski definition) is 4. The summed E-state index contributed by atoms with van der Waals surface area (Å²) in [4.78, 5) is 58.3. The van der Waals surface area contributed by atoms with E-state index < -0.39 is 0 Å². The summed E-state index contributed by atoms with van der Waals surface area (Å²) in [6, 6.07) is 31.9. The van der Waals surface area contributed by atoms with Crippen LogP contribution in [-0.4, -0.2) is 46.9 Å². The summed E-state index contributed by atoms with van der Waals surface area (Å²) in [5.74, 6) is -1.17. The van der Waals surface area contributed by atoms with Gasteiger partial charge >= 0.3 is 11.9 Å². The number of esters is 2. The molecular formula is C51H56N6O6. The molecule has 0 aliphatic rings. The van der Waals surface area contributed by atoms with Crippen LogP contribution in [0, 0.1) is 0 Å². The van der Waals surface area contributed by atoms with Crippen molar-refractivity contribution in [3.63, 3.8) is 0 Å². The van der Waals surface area contributed by atoms with Crippen LogP contribution in [-0.2, 0) is 16.0 Å². The van der Waals surface area contributed by atoms with Gasteiger partial charge in [-0.1, -0.05) is 75.9 Å². The van der Waals surface area contributed by atoms with E-state index >= 15 is 0 Å². The molecule has 0 aliphatic carbocycles. The first kappa shape index (κ1) is 47.0. The second kappa shape index (κ2) is 24.4. The van der Waals surface area contributed by atoms with Crippen molar-refractivity contribution in [2.75, 3.05) is 23.8 Å². The highest BCUT2D eigenvalue weighted by molar-refractivity contribution is 6.06. The standard InChI is InChI=1S/C26H29N3O3.C25H27N3O3/c1-3-4-5-15-32-26(31)21-8-6-7-19(16-21)24-17-20(9-10-23(24)18(2)27)25(30)29-22-11-13-28-14-12-22;1-2-3-4-14-31-25(30)20-7-5-6-18(15-20)23-16-19(8-9-21(23)17-26)24(29)28-22-10-12-27-13-11-22/h6-14,16-18H,3-5,15,27H2,1-2H3,(H,28,29,30);5-13,15-16H,2-4,14,17,26H2,1H3,(H,27,28,29). The molecule has 6 N–H and O–H groups in total. The predicted octanol–water partition coefficient (Wildman–Crippen LogP) is 10.2. The van der Waals surface area contributed by atoms with Crippen LogP contribution in [0.2, 0.25) is 0 Å². The average Bonchev–Trinajstić information content (AvgIpc) is 3.32. The molecule has 0 aliphatic heterocycles. The van der Waals surface area contributed by atoms with Crippen molar-refractivity contribution < 1.29 is 28.7 Å². The van der Waals surface area contributed by atoms with Gasteiger partial charge in [0.2, 0.25) is 0 Å². The Kier molecular flexibility index (Phi) is 18.2. The maximum absolute atomic E-state index is 12.8. The molecule has 2 aromatic heterocycles. The molecule has 12 heteroatoms. The summed E-state index contributed by atoms with van der Waals surface area (Å²) in [6.07, 6.45) is 12.4. The topological polar surface area (TPSA) is 189 Å². The van der Waals surface area contributed by atoms with Crippen molar-refractivity contribution in [2.24, 2.45) is 11.5 Å². The Bertz CT molecular complexity index is 2440. The maximum atomic E-state index is 12.8. The summed E-state index contributed by atoms with van der Waals surface area (Å²) < 4.78 is 10.8. The van der Waals surface area contributed by atoms with Crippen molar-refractivity contribution in [3.8, 4) is 22.3 Å². The lowest BCUT2D eigenvalue weighted by Gasteiger charge is -2.16. The number of amides is 2. The number of unbranched alkanes of at least 4 members (excludes halogenated alkanes) is 4. The van der Waals surface area contributed by atoms with Gasteiger partial charge in [0.15, 0.2) is 0 Å². The van der Waals surface area contributed by atoms with E-state index in [2.05, 4.69) is 34.4 Å². The highest BCUT2D eigenvalue weighted by Gasteiger charge is 2.17. The van der Waals surface area contributed by atoms with Crippen LogP contribution >= 0.6 is 0 Å². The van der Waals surface area contributed by atoms with E-state index in [1.54, 1.807) is 97.6 Å². The number of nitrogens with two attached hydrogens (primary N) is 2. The molecule has 12 nitrogen and oxygen atoms in total. The fraction of sp³-hybridized carbons (Fsp3) is 0.255. The zero-order valence-corrected chi connectivity index (χ0v) is 36.1. The van der Waals surface area contributed by atoms with E-state index in [1.807, 2.05) is 43.3 Å². The van der Waals surface area contributed by atoms with Gasteiger partial charge in [-0.3, -0.25) is 19.6 Å². The molecule has 0 spiro atoms. The minimum atomic E-state index is -0.350. The molecule has 0 saturated heterocycles. The Morgan fingerprint density at radius 2 is 1.03 bits per heavy atom. The molecule has 2 heterocycles. The number of carbonyl (C=O) groups is 4. The number of aromatic nitrogens is 2. The molecule has 1 unspecified atom stereocenters. The van der Waals surface area contributed by atoms with Gasteiger partial charge in [-0.15, -0.1) is 0 Å². The lowest BCUT2D eigenvalue weighted by Crippen LogP contribution is -2.14. The third-order valence-electron chi connectivity index (χ3n) is 10.1. The van der Waals surface area contributed by atoms with E-state index in [9.17, 15) is 19.2 Å². The second-order valence-electron chi connectivity index (χ2n) is 14.9. The normalized spacial score (nSPS) is 11.1. The van der Waals surface area contributed by atoms with Gasteiger partial charge in [0.1, 0.15) is 0 Å². The number of hydrogen-bond acceptors (Lipinski definition) is 10. The molecule has 63 heavy (non-hydrogen) atoms. The van der Waals surface area contributed by atoms with Gasteiger partial charge in [0.25, 0.3) is 11.8 Å². The van der Waals surface area contributed by atoms with Crippen molar-refractivity contribution in [1.29, 1.82) is 0 Å². The minimum absolute atomic E-state index is 0.234. The van der Waals surface area contributed by atoms with Gasteiger partial charge in [0, 0.05) is 59.9 Å². The number of carbonyl (C=O) groups excluding carboxylic acids is 4. The number of rotatable bonds is 18. The fourth-order valence-corrected chi connectivity index (χ4v) is 6.61. The number of nitrogens with zero attached hydrogens (tertiary/aromatic N) is 2. The van der Waals surface area contributed by atoms with Crippen LogP contribution in [0.15, 0.2) is 134 Å². The van der Waals surface area contributed by atoms with Crippen LogP contribution in [0.3, 0.4) is 0 Å². The Labute approximate surface area is 369 Å². The molecule has 0 radical (unpaired) electrons. The Hall–Kier alpha value is -7.02. The summed E-state index contributed by atoms with van der Waals surface area (Å²) in [5.41, 5.74) is 20.4. The van der Waals surface area contributed by atoms with E-state index in [1.165, 1.54) is 0 Å². The lowest BCUT2D eigenvalue weighted by molar-refractivity contribution is 0.0489. The number of anilines is 2. The molecule has 6 rings (SSSR count). The molecule has 326 valence electrons. The molecule has 1 atom stereocenters. The monoisotopic (exact) mass is 848 g/mol. The van der Waals surface area contributed by atoms with Crippen LogP contribution in [0.25, 0.3) is 22.3 Å². The minimum Gasteiger partial charge on any atom is -0.462 e. The van der Waals surface area contributed by atoms with Crippen molar-refractivity contribution in [3.05, 3.63) is 167 Å². The first-order valence-corrected chi connectivity index (χ1v) is 21.3. The number of pyridine rings is 2. The van der Waals surface area contributed by atoms with E-state index in [-0.39, 0.29) is 29.8 Å².